The molecule has 0 aliphatic heterocycles. The molecular formula is C21H36N+. The Morgan fingerprint density at radius 2 is 1.27 bits per heavy atom. The van der Waals surface area contributed by atoms with Crippen molar-refractivity contribution in [2.75, 3.05) is 0 Å². The summed E-state index contributed by atoms with van der Waals surface area (Å²) in [6.45, 7) is 9.47. The van der Waals surface area contributed by atoms with E-state index in [1.807, 2.05) is 0 Å². The Balaban J connectivity index is 1.94. The van der Waals surface area contributed by atoms with Crippen molar-refractivity contribution in [1.82, 2.24) is 0 Å². The fraction of sp³-hybridized carbons (Fsp3) is 0.667. The summed E-state index contributed by atoms with van der Waals surface area (Å²) in [6.07, 6.45) is 19.9. The summed E-state index contributed by atoms with van der Waals surface area (Å²) >= 11 is 0. The monoisotopic (exact) mass is 302 g/mol. The molecule has 0 radical (unpaired) electrons. The molecule has 22 heavy (non-hydrogen) atoms. The van der Waals surface area contributed by atoms with Crippen LogP contribution >= 0.6 is 0 Å². The van der Waals surface area contributed by atoms with Crippen LogP contribution in [0, 0.1) is 0 Å². The van der Waals surface area contributed by atoms with E-state index in [4.69, 9.17) is 0 Å². The second-order valence-corrected chi connectivity index (χ2v) is 6.64. The van der Waals surface area contributed by atoms with E-state index in [1.54, 1.807) is 0 Å². The molecule has 1 nitrogen and oxygen atoms in total. The van der Waals surface area contributed by atoms with Crippen LogP contribution in [0.25, 0.3) is 5.57 Å². The molecule has 0 atom stereocenters. The van der Waals surface area contributed by atoms with E-state index in [1.165, 1.54) is 76.2 Å². The number of hydrogen-bond acceptors (Lipinski definition) is 0. The van der Waals surface area contributed by atoms with Gasteiger partial charge in [0, 0.05) is 18.6 Å². The molecule has 0 aromatic carbocycles. The Morgan fingerprint density at radius 3 is 1.73 bits per heavy atom. The highest BCUT2D eigenvalue weighted by atomic mass is 14.9. The Bertz CT molecular complexity index is 391. The average Bonchev–Trinajstić information content (AvgIpc) is 2.53. The van der Waals surface area contributed by atoms with Crippen molar-refractivity contribution in [3.05, 3.63) is 36.7 Å². The molecule has 0 aliphatic carbocycles. The second kappa shape index (κ2) is 12.4. The van der Waals surface area contributed by atoms with E-state index >= 15 is 0 Å². The van der Waals surface area contributed by atoms with Gasteiger partial charge in [0.2, 0.25) is 0 Å². The summed E-state index contributed by atoms with van der Waals surface area (Å²) in [5.41, 5.74) is 2.39. The first-order valence-corrected chi connectivity index (χ1v) is 9.39. The van der Waals surface area contributed by atoms with Gasteiger partial charge in [-0.25, -0.2) is 4.57 Å². The third-order valence-corrected chi connectivity index (χ3v) is 4.40. The largest absolute Gasteiger partial charge is 0.205 e. The van der Waals surface area contributed by atoms with Crippen molar-refractivity contribution in [1.29, 1.82) is 0 Å². The van der Waals surface area contributed by atoms with Gasteiger partial charge < -0.3 is 0 Å². The lowest BCUT2D eigenvalue weighted by Gasteiger charge is -2.02. The molecule has 0 fully saturated rings. The lowest BCUT2D eigenvalue weighted by molar-refractivity contribution is -0.697. The van der Waals surface area contributed by atoms with Crippen LogP contribution in [0.2, 0.25) is 0 Å². The predicted octanol–water partition coefficient (Wildman–Crippen LogP) is 6.32. The van der Waals surface area contributed by atoms with Gasteiger partial charge in [-0.3, -0.25) is 0 Å². The first-order chi connectivity index (χ1) is 10.7. The van der Waals surface area contributed by atoms with Crippen molar-refractivity contribution in [3.8, 4) is 0 Å². The van der Waals surface area contributed by atoms with Crippen molar-refractivity contribution >= 4 is 5.57 Å². The Morgan fingerprint density at radius 1 is 0.818 bits per heavy atom. The molecule has 1 aromatic rings. The molecule has 0 N–H and O–H groups in total. The second-order valence-electron chi connectivity index (χ2n) is 6.64. The number of allylic oxidation sites excluding steroid dienone is 1. The smallest absolute Gasteiger partial charge is 0.169 e. The maximum absolute atomic E-state index is 3.98. The molecule has 1 heteroatoms. The minimum absolute atomic E-state index is 1.14. The summed E-state index contributed by atoms with van der Waals surface area (Å²) in [4.78, 5) is 0. The van der Waals surface area contributed by atoms with Crippen molar-refractivity contribution in [2.24, 2.45) is 0 Å². The zero-order chi connectivity index (χ0) is 16.0. The normalized spacial score (nSPS) is 10.8. The predicted molar refractivity (Wildman–Crippen MR) is 97.8 cm³/mol. The van der Waals surface area contributed by atoms with Gasteiger partial charge in [-0.1, -0.05) is 76.9 Å². The highest BCUT2D eigenvalue weighted by Gasteiger charge is 2.01. The summed E-state index contributed by atoms with van der Waals surface area (Å²) in [7, 11) is 0. The molecule has 124 valence electrons. The van der Waals surface area contributed by atoms with E-state index in [-0.39, 0.29) is 0 Å². The lowest BCUT2D eigenvalue weighted by Crippen LogP contribution is -2.32. The van der Waals surface area contributed by atoms with Gasteiger partial charge in [0.05, 0.1) is 0 Å². The van der Waals surface area contributed by atoms with Crippen LogP contribution in [0.4, 0.5) is 0 Å². The maximum Gasteiger partial charge on any atom is 0.169 e. The van der Waals surface area contributed by atoms with Gasteiger partial charge in [-0.15, -0.1) is 0 Å². The first kappa shape index (κ1) is 18.9. The Labute approximate surface area is 138 Å². The lowest BCUT2D eigenvalue weighted by atomic mass is 10.1. The molecule has 0 spiro atoms. The molecule has 1 heterocycles. The van der Waals surface area contributed by atoms with Crippen molar-refractivity contribution < 1.29 is 4.57 Å². The quantitative estimate of drug-likeness (QED) is 0.296. The number of unbranched alkanes of at least 4 members (excludes halogenated alkanes) is 10. The van der Waals surface area contributed by atoms with Crippen LogP contribution in [0.15, 0.2) is 31.1 Å². The molecule has 0 bridgehead atoms. The zero-order valence-corrected chi connectivity index (χ0v) is 14.9. The maximum atomic E-state index is 3.98. The van der Waals surface area contributed by atoms with E-state index in [2.05, 4.69) is 49.5 Å². The molecular weight excluding hydrogens is 266 g/mol. The van der Waals surface area contributed by atoms with Crippen LogP contribution in [-0.4, -0.2) is 0 Å². The highest BCUT2D eigenvalue weighted by molar-refractivity contribution is 5.59. The van der Waals surface area contributed by atoms with E-state index in [0.717, 1.165) is 12.1 Å². The molecule has 0 unspecified atom stereocenters. The fourth-order valence-corrected chi connectivity index (χ4v) is 2.85. The van der Waals surface area contributed by atoms with Crippen LogP contribution in [0.5, 0.6) is 0 Å². The molecule has 0 saturated heterocycles. The Hall–Kier alpha value is -1.11. The van der Waals surface area contributed by atoms with Gasteiger partial charge in [-0.2, -0.15) is 0 Å². The summed E-state index contributed by atoms with van der Waals surface area (Å²) in [5, 5.41) is 0. The van der Waals surface area contributed by atoms with Crippen LogP contribution in [0.1, 0.15) is 90.0 Å². The molecule has 0 aliphatic rings. The van der Waals surface area contributed by atoms with Gasteiger partial charge in [-0.05, 0) is 18.9 Å². The minimum Gasteiger partial charge on any atom is -0.205 e. The number of hydrogen-bond donors (Lipinski definition) is 0. The number of rotatable bonds is 13. The van der Waals surface area contributed by atoms with Crippen LogP contribution < -0.4 is 4.57 Å². The topological polar surface area (TPSA) is 3.88 Å². The summed E-state index contributed by atoms with van der Waals surface area (Å²) in [6, 6.07) is 4.34. The number of aromatic nitrogens is 1. The average molecular weight is 303 g/mol. The van der Waals surface area contributed by atoms with Gasteiger partial charge in [0.25, 0.3) is 0 Å². The van der Waals surface area contributed by atoms with Crippen molar-refractivity contribution in [3.63, 3.8) is 0 Å². The molecule has 0 amide bonds. The SMILES string of the molecule is C=C(C)c1cc[n+](CCCCCCCCCCCCC)cc1. The van der Waals surface area contributed by atoms with E-state index in [0.29, 0.717) is 0 Å². The summed E-state index contributed by atoms with van der Waals surface area (Å²) < 4.78 is 2.29. The number of pyridine rings is 1. The standard InChI is InChI=1S/C21H36N/c1-4-5-6-7-8-9-10-11-12-13-14-17-22-18-15-21(16-19-22)20(2)3/h15-16,18-19H,2,4-14,17H2,1,3H3/q+1. The molecule has 1 aromatic heterocycles. The zero-order valence-electron chi connectivity index (χ0n) is 14.9. The molecule has 1 rings (SSSR count). The Kier molecular flexibility index (Phi) is 10.7. The van der Waals surface area contributed by atoms with Gasteiger partial charge in [0.1, 0.15) is 6.54 Å². The number of aryl methyl sites for hydroxylation is 1. The van der Waals surface area contributed by atoms with Crippen LogP contribution in [0.3, 0.4) is 0 Å². The van der Waals surface area contributed by atoms with Gasteiger partial charge >= 0.3 is 0 Å². The van der Waals surface area contributed by atoms with Crippen molar-refractivity contribution in [2.45, 2.75) is 91.0 Å². The van der Waals surface area contributed by atoms with E-state index < -0.39 is 0 Å². The highest BCUT2D eigenvalue weighted by Crippen LogP contribution is 2.11. The third kappa shape index (κ3) is 9.02. The van der Waals surface area contributed by atoms with E-state index in [9.17, 15) is 0 Å². The first-order valence-electron chi connectivity index (χ1n) is 9.39. The third-order valence-electron chi connectivity index (χ3n) is 4.40. The fourth-order valence-electron chi connectivity index (χ4n) is 2.85. The summed E-state index contributed by atoms with van der Waals surface area (Å²) in [5.74, 6) is 0. The van der Waals surface area contributed by atoms with Gasteiger partial charge in [0.15, 0.2) is 12.4 Å². The minimum atomic E-state index is 1.14. The molecule has 0 saturated carbocycles. The number of nitrogens with zero attached hydrogens (tertiary/aromatic N) is 1. The van der Waals surface area contributed by atoms with Crippen LogP contribution in [-0.2, 0) is 6.54 Å².